The molecule has 1 unspecified atom stereocenters. The summed E-state index contributed by atoms with van der Waals surface area (Å²) in [7, 11) is 3.27. The second-order valence-corrected chi connectivity index (χ2v) is 5.40. The molecule has 5 heteroatoms. The van der Waals surface area contributed by atoms with E-state index in [1.165, 1.54) is 4.90 Å². The molecular weight excluding hydrogens is 284 g/mol. The number of thioether (sulfide) groups is 1. The van der Waals surface area contributed by atoms with Gasteiger partial charge in [-0.1, -0.05) is 12.1 Å². The van der Waals surface area contributed by atoms with Gasteiger partial charge in [0.1, 0.15) is 11.5 Å². The minimum atomic E-state index is -0.120. The van der Waals surface area contributed by atoms with Crippen LogP contribution in [0.4, 0.5) is 0 Å². The minimum Gasteiger partial charge on any atom is -0.497 e. The van der Waals surface area contributed by atoms with Crippen LogP contribution in [0, 0.1) is 0 Å². The van der Waals surface area contributed by atoms with Crippen molar-refractivity contribution in [2.75, 3.05) is 20.5 Å². The molecule has 0 bridgehead atoms. The quantitative estimate of drug-likeness (QED) is 0.488. The zero-order valence-corrected chi connectivity index (χ0v) is 13.2. The molecule has 4 nitrogen and oxygen atoms in total. The van der Waals surface area contributed by atoms with Crippen molar-refractivity contribution < 1.29 is 9.47 Å². The molecule has 0 aromatic heterocycles. The van der Waals surface area contributed by atoms with Crippen LogP contribution in [0.3, 0.4) is 0 Å². The van der Waals surface area contributed by atoms with E-state index in [2.05, 4.69) is 35.9 Å². The van der Waals surface area contributed by atoms with Crippen LogP contribution in [0.2, 0.25) is 0 Å². The highest BCUT2D eigenvalue weighted by Gasteiger charge is 2.15. The van der Waals surface area contributed by atoms with Gasteiger partial charge in [0.25, 0.3) is 0 Å². The van der Waals surface area contributed by atoms with E-state index >= 15 is 0 Å². The Balaban J connectivity index is 2.39. The maximum absolute atomic E-state index is 5.75. The number of hydrogen-bond acceptors (Lipinski definition) is 5. The summed E-state index contributed by atoms with van der Waals surface area (Å²) >= 11 is 1.71. The molecule has 0 fully saturated rings. The fraction of sp³-hybridized carbons (Fsp3) is 0.250. The number of nitrogens with one attached hydrogen (secondary N) is 1. The summed E-state index contributed by atoms with van der Waals surface area (Å²) in [4.78, 5) is 1.22. The number of hydrazine groups is 1. The van der Waals surface area contributed by atoms with Crippen LogP contribution in [0.25, 0.3) is 0 Å². The Labute approximate surface area is 129 Å². The Morgan fingerprint density at radius 1 is 0.952 bits per heavy atom. The van der Waals surface area contributed by atoms with Gasteiger partial charge in [-0.25, -0.2) is 5.43 Å². The molecule has 0 spiro atoms. The lowest BCUT2D eigenvalue weighted by Gasteiger charge is -2.19. The summed E-state index contributed by atoms with van der Waals surface area (Å²) in [5, 5.41) is 0. The van der Waals surface area contributed by atoms with Gasteiger partial charge in [0.2, 0.25) is 0 Å². The third-order valence-electron chi connectivity index (χ3n) is 3.32. The van der Waals surface area contributed by atoms with Gasteiger partial charge in [-0.3, -0.25) is 5.84 Å². The van der Waals surface area contributed by atoms with Gasteiger partial charge in [-0.2, -0.15) is 0 Å². The monoisotopic (exact) mass is 304 g/mol. The average Bonchev–Trinajstić information content (AvgIpc) is 2.55. The van der Waals surface area contributed by atoms with E-state index in [1.807, 2.05) is 18.2 Å². The first kappa shape index (κ1) is 15.7. The summed E-state index contributed by atoms with van der Waals surface area (Å²) in [6.07, 6.45) is 2.06. The van der Waals surface area contributed by atoms with Crippen LogP contribution >= 0.6 is 11.8 Å². The van der Waals surface area contributed by atoms with E-state index in [-0.39, 0.29) is 6.04 Å². The molecule has 0 aliphatic rings. The molecular formula is C16H20N2O2S. The lowest BCUT2D eigenvalue weighted by molar-refractivity contribution is 0.392. The summed E-state index contributed by atoms with van der Waals surface area (Å²) in [6, 6.07) is 13.9. The predicted molar refractivity (Wildman–Crippen MR) is 86.9 cm³/mol. The Bertz CT molecular complexity index is 565. The largest absolute Gasteiger partial charge is 0.497 e. The molecule has 2 aromatic carbocycles. The van der Waals surface area contributed by atoms with Gasteiger partial charge < -0.3 is 9.47 Å². The van der Waals surface area contributed by atoms with Crippen molar-refractivity contribution in [1.82, 2.24) is 5.43 Å². The molecule has 1 atom stereocenters. The molecule has 0 saturated carbocycles. The average molecular weight is 304 g/mol. The van der Waals surface area contributed by atoms with Crippen LogP contribution in [-0.4, -0.2) is 20.5 Å². The van der Waals surface area contributed by atoms with Crippen LogP contribution in [0.5, 0.6) is 11.5 Å². The molecule has 112 valence electrons. The van der Waals surface area contributed by atoms with Crippen molar-refractivity contribution >= 4 is 11.8 Å². The first-order chi connectivity index (χ1) is 10.2. The molecule has 0 aliphatic carbocycles. The highest BCUT2D eigenvalue weighted by molar-refractivity contribution is 7.98. The van der Waals surface area contributed by atoms with Gasteiger partial charge >= 0.3 is 0 Å². The number of methoxy groups -OCH3 is 2. The Morgan fingerprint density at radius 3 is 1.95 bits per heavy atom. The molecule has 21 heavy (non-hydrogen) atoms. The summed E-state index contributed by atoms with van der Waals surface area (Å²) in [5.74, 6) is 7.24. The van der Waals surface area contributed by atoms with Crippen molar-refractivity contribution in [3.8, 4) is 11.5 Å². The van der Waals surface area contributed by atoms with E-state index in [0.29, 0.717) is 0 Å². The predicted octanol–water partition coefficient (Wildman–Crippen LogP) is 2.98. The van der Waals surface area contributed by atoms with Gasteiger partial charge in [-0.05, 0) is 41.6 Å². The van der Waals surface area contributed by atoms with Crippen LogP contribution in [0.1, 0.15) is 17.2 Å². The van der Waals surface area contributed by atoms with Crippen LogP contribution in [0.15, 0.2) is 47.4 Å². The normalized spacial score (nSPS) is 12.0. The van der Waals surface area contributed by atoms with E-state index in [4.69, 9.17) is 15.3 Å². The standard InChI is InChI=1S/C16H20N2O2S/c1-19-13-8-12(9-14(10-13)20-2)16(18-17)11-4-6-15(21-3)7-5-11/h4-10,16,18H,17H2,1-3H3. The third-order valence-corrected chi connectivity index (χ3v) is 4.07. The summed E-state index contributed by atoms with van der Waals surface area (Å²) < 4.78 is 10.6. The van der Waals surface area contributed by atoms with Crippen molar-refractivity contribution in [3.63, 3.8) is 0 Å². The van der Waals surface area contributed by atoms with Crippen molar-refractivity contribution in [2.45, 2.75) is 10.9 Å². The Kier molecular flexibility index (Phi) is 5.50. The van der Waals surface area contributed by atoms with E-state index in [1.54, 1.807) is 26.0 Å². The second kappa shape index (κ2) is 7.36. The van der Waals surface area contributed by atoms with E-state index in [9.17, 15) is 0 Å². The number of benzene rings is 2. The third kappa shape index (κ3) is 3.69. The molecule has 0 saturated heterocycles. The number of rotatable bonds is 6. The SMILES string of the molecule is COc1cc(OC)cc(C(NN)c2ccc(SC)cc2)c1. The van der Waals surface area contributed by atoms with Gasteiger partial charge in [0, 0.05) is 11.0 Å². The van der Waals surface area contributed by atoms with E-state index in [0.717, 1.165) is 22.6 Å². The fourth-order valence-electron chi connectivity index (χ4n) is 2.18. The lowest BCUT2D eigenvalue weighted by atomic mass is 9.99. The number of nitrogens with two attached hydrogens (primary N) is 1. The van der Waals surface area contributed by atoms with Crippen LogP contribution in [-0.2, 0) is 0 Å². The first-order valence-corrected chi connectivity index (χ1v) is 7.77. The lowest BCUT2D eigenvalue weighted by Crippen LogP contribution is -2.28. The first-order valence-electron chi connectivity index (χ1n) is 6.55. The van der Waals surface area contributed by atoms with Gasteiger partial charge in [0.05, 0.1) is 20.3 Å². The Morgan fingerprint density at radius 2 is 1.52 bits per heavy atom. The summed E-state index contributed by atoms with van der Waals surface area (Å²) in [5.41, 5.74) is 4.94. The zero-order chi connectivity index (χ0) is 15.2. The number of hydrogen-bond donors (Lipinski definition) is 2. The minimum absolute atomic E-state index is 0.120. The van der Waals surface area contributed by atoms with Gasteiger partial charge in [0.15, 0.2) is 0 Å². The molecule has 2 rings (SSSR count). The second-order valence-electron chi connectivity index (χ2n) is 4.52. The fourth-order valence-corrected chi connectivity index (χ4v) is 2.59. The maximum atomic E-state index is 5.75. The molecule has 2 aromatic rings. The van der Waals surface area contributed by atoms with Crippen molar-refractivity contribution in [1.29, 1.82) is 0 Å². The summed E-state index contributed by atoms with van der Waals surface area (Å²) in [6.45, 7) is 0. The van der Waals surface area contributed by atoms with Crippen molar-refractivity contribution in [2.24, 2.45) is 5.84 Å². The van der Waals surface area contributed by atoms with Gasteiger partial charge in [-0.15, -0.1) is 11.8 Å². The Hall–Kier alpha value is -1.69. The highest BCUT2D eigenvalue weighted by Crippen LogP contribution is 2.30. The maximum Gasteiger partial charge on any atom is 0.122 e. The molecule has 0 heterocycles. The molecule has 0 aliphatic heterocycles. The van der Waals surface area contributed by atoms with Crippen LogP contribution < -0.4 is 20.7 Å². The topological polar surface area (TPSA) is 56.5 Å². The zero-order valence-electron chi connectivity index (χ0n) is 12.4. The van der Waals surface area contributed by atoms with Crippen molar-refractivity contribution in [3.05, 3.63) is 53.6 Å². The molecule has 3 N–H and O–H groups in total. The number of ether oxygens (including phenoxy) is 2. The molecule has 0 amide bonds. The highest BCUT2D eigenvalue weighted by atomic mass is 32.2. The smallest absolute Gasteiger partial charge is 0.122 e. The molecule has 0 radical (unpaired) electrons. The van der Waals surface area contributed by atoms with E-state index < -0.39 is 0 Å².